The Hall–Kier alpha value is -0.130. The van der Waals surface area contributed by atoms with Gasteiger partial charge in [-0.05, 0) is 44.2 Å². The third kappa shape index (κ3) is 3.42. The molecule has 2 rings (SSSR count). The summed E-state index contributed by atoms with van der Waals surface area (Å²) in [5.74, 6) is 1.31. The Kier molecular flexibility index (Phi) is 4.44. The Balaban J connectivity index is 1.90. The quantitative estimate of drug-likeness (QED) is 0.822. The highest BCUT2D eigenvalue weighted by atomic mass is 32.2. The summed E-state index contributed by atoms with van der Waals surface area (Å²) in [5, 5.41) is 3.28. The van der Waals surface area contributed by atoms with Crippen molar-refractivity contribution in [3.8, 4) is 0 Å². The van der Waals surface area contributed by atoms with Crippen LogP contribution in [0.4, 0.5) is 0 Å². The normalized spacial score (nSPS) is 28.6. The van der Waals surface area contributed by atoms with Gasteiger partial charge in [-0.1, -0.05) is 13.3 Å². The molecule has 0 amide bonds. The van der Waals surface area contributed by atoms with Crippen molar-refractivity contribution in [2.75, 3.05) is 31.9 Å². The van der Waals surface area contributed by atoms with Gasteiger partial charge in [-0.2, -0.15) is 0 Å². The molecule has 0 bridgehead atoms. The Morgan fingerprint density at radius 3 is 2.47 bits per heavy atom. The zero-order chi connectivity index (χ0) is 12.3. The van der Waals surface area contributed by atoms with Gasteiger partial charge in [0, 0.05) is 13.1 Å². The predicted octanol–water partition coefficient (Wildman–Crippen LogP) is 1.05. The van der Waals surface area contributed by atoms with Gasteiger partial charge in [-0.3, -0.25) is 0 Å². The summed E-state index contributed by atoms with van der Waals surface area (Å²) in [6, 6.07) is 0. The molecule has 4 nitrogen and oxygen atoms in total. The lowest BCUT2D eigenvalue weighted by Crippen LogP contribution is -2.37. The van der Waals surface area contributed by atoms with E-state index in [2.05, 4.69) is 12.2 Å². The second-order valence-electron chi connectivity index (χ2n) is 5.39. The topological polar surface area (TPSA) is 49.4 Å². The van der Waals surface area contributed by atoms with E-state index in [0.29, 0.717) is 17.6 Å². The van der Waals surface area contributed by atoms with Crippen LogP contribution in [-0.4, -0.2) is 44.7 Å². The van der Waals surface area contributed by atoms with E-state index in [1.165, 1.54) is 0 Å². The molecule has 2 saturated heterocycles. The molecular weight excluding hydrogens is 236 g/mol. The Morgan fingerprint density at radius 2 is 1.88 bits per heavy atom. The Bertz CT molecular complexity index is 336. The molecule has 5 heteroatoms. The minimum Gasteiger partial charge on any atom is -0.317 e. The first-order valence-corrected chi connectivity index (χ1v) is 8.41. The van der Waals surface area contributed by atoms with Crippen molar-refractivity contribution in [3.63, 3.8) is 0 Å². The van der Waals surface area contributed by atoms with Crippen LogP contribution in [0.25, 0.3) is 0 Å². The van der Waals surface area contributed by atoms with Crippen LogP contribution >= 0.6 is 0 Å². The molecule has 1 atom stereocenters. The molecule has 1 N–H and O–H groups in total. The number of piperidine rings is 1. The predicted molar refractivity (Wildman–Crippen MR) is 69.4 cm³/mol. The Morgan fingerprint density at radius 1 is 1.18 bits per heavy atom. The molecule has 17 heavy (non-hydrogen) atoms. The van der Waals surface area contributed by atoms with Crippen LogP contribution in [0.3, 0.4) is 0 Å². The lowest BCUT2D eigenvalue weighted by atomic mass is 10.0. The van der Waals surface area contributed by atoms with Crippen molar-refractivity contribution in [1.29, 1.82) is 0 Å². The molecule has 1 unspecified atom stereocenters. The van der Waals surface area contributed by atoms with Gasteiger partial charge in [0.15, 0.2) is 0 Å². The first-order chi connectivity index (χ1) is 8.12. The molecule has 0 aromatic heterocycles. The summed E-state index contributed by atoms with van der Waals surface area (Å²) in [6.45, 7) is 5.58. The highest BCUT2D eigenvalue weighted by Gasteiger charge is 2.32. The maximum absolute atomic E-state index is 12.3. The number of sulfonamides is 1. The number of hydrogen-bond donors (Lipinski definition) is 1. The van der Waals surface area contributed by atoms with E-state index in [1.807, 2.05) is 0 Å². The Labute approximate surface area is 105 Å². The lowest BCUT2D eigenvalue weighted by molar-refractivity contribution is 0.387. The second-order valence-corrected chi connectivity index (χ2v) is 7.41. The van der Waals surface area contributed by atoms with Crippen LogP contribution in [0.2, 0.25) is 0 Å². The van der Waals surface area contributed by atoms with Crippen LogP contribution in [0.1, 0.15) is 32.6 Å². The molecule has 0 aromatic rings. The standard InChI is InChI=1S/C12H24N2O2S/c1-2-11-5-8-14(9-11)17(15,16)10-12-3-6-13-7-4-12/h11-13H,2-10H2,1H3. The van der Waals surface area contributed by atoms with E-state index >= 15 is 0 Å². The summed E-state index contributed by atoms with van der Waals surface area (Å²) in [4.78, 5) is 0. The molecule has 100 valence electrons. The van der Waals surface area contributed by atoms with Crippen molar-refractivity contribution in [3.05, 3.63) is 0 Å². The van der Waals surface area contributed by atoms with Gasteiger partial charge in [0.05, 0.1) is 5.75 Å². The lowest BCUT2D eigenvalue weighted by Gasteiger charge is -2.25. The summed E-state index contributed by atoms with van der Waals surface area (Å²) < 4.78 is 26.3. The molecule has 2 heterocycles. The summed E-state index contributed by atoms with van der Waals surface area (Å²) in [5.41, 5.74) is 0. The molecule has 0 aliphatic carbocycles. The zero-order valence-electron chi connectivity index (χ0n) is 10.7. The van der Waals surface area contributed by atoms with Crippen LogP contribution in [0, 0.1) is 11.8 Å². The first-order valence-electron chi connectivity index (χ1n) is 6.80. The minimum absolute atomic E-state index is 0.363. The maximum atomic E-state index is 12.3. The average Bonchev–Trinajstić information content (AvgIpc) is 2.79. The van der Waals surface area contributed by atoms with Crippen molar-refractivity contribution in [1.82, 2.24) is 9.62 Å². The number of nitrogens with zero attached hydrogens (tertiary/aromatic N) is 1. The maximum Gasteiger partial charge on any atom is 0.214 e. The number of rotatable bonds is 4. The van der Waals surface area contributed by atoms with Crippen molar-refractivity contribution < 1.29 is 8.42 Å². The van der Waals surface area contributed by atoms with Gasteiger partial charge in [-0.15, -0.1) is 0 Å². The first kappa shape index (κ1) is 13.3. The van der Waals surface area contributed by atoms with E-state index in [0.717, 1.165) is 51.9 Å². The van der Waals surface area contributed by atoms with E-state index < -0.39 is 10.0 Å². The van der Waals surface area contributed by atoms with E-state index in [1.54, 1.807) is 4.31 Å². The SMILES string of the molecule is CCC1CCN(S(=O)(=O)CC2CCNCC2)C1. The van der Waals surface area contributed by atoms with Crippen molar-refractivity contribution in [2.45, 2.75) is 32.6 Å². The third-order valence-electron chi connectivity index (χ3n) is 4.12. The van der Waals surface area contributed by atoms with Gasteiger partial charge >= 0.3 is 0 Å². The minimum atomic E-state index is -3.00. The highest BCUT2D eigenvalue weighted by molar-refractivity contribution is 7.89. The molecule has 0 spiro atoms. The second kappa shape index (κ2) is 5.67. The molecular formula is C12H24N2O2S. The summed E-state index contributed by atoms with van der Waals surface area (Å²) >= 11 is 0. The smallest absolute Gasteiger partial charge is 0.214 e. The van der Waals surface area contributed by atoms with Crippen LogP contribution in [0.15, 0.2) is 0 Å². The molecule has 0 aromatic carbocycles. The van der Waals surface area contributed by atoms with Gasteiger partial charge in [0.2, 0.25) is 10.0 Å². The largest absolute Gasteiger partial charge is 0.317 e. The van der Waals surface area contributed by atoms with E-state index in [4.69, 9.17) is 0 Å². The molecule has 2 aliphatic rings. The number of nitrogens with one attached hydrogen (secondary N) is 1. The molecule has 0 saturated carbocycles. The van der Waals surface area contributed by atoms with Crippen LogP contribution < -0.4 is 5.32 Å². The van der Waals surface area contributed by atoms with Crippen molar-refractivity contribution >= 4 is 10.0 Å². The summed E-state index contributed by atoms with van der Waals surface area (Å²) in [6.07, 6.45) is 4.15. The fourth-order valence-electron chi connectivity index (χ4n) is 2.83. The molecule has 0 radical (unpaired) electrons. The fraction of sp³-hybridized carbons (Fsp3) is 1.00. The van der Waals surface area contributed by atoms with Gasteiger partial charge in [-0.25, -0.2) is 12.7 Å². The van der Waals surface area contributed by atoms with Gasteiger partial charge in [0.25, 0.3) is 0 Å². The van der Waals surface area contributed by atoms with Gasteiger partial charge in [0.1, 0.15) is 0 Å². The van der Waals surface area contributed by atoms with Crippen LogP contribution in [-0.2, 0) is 10.0 Å². The average molecular weight is 260 g/mol. The third-order valence-corrected chi connectivity index (χ3v) is 6.14. The van der Waals surface area contributed by atoms with E-state index in [-0.39, 0.29) is 0 Å². The monoisotopic (exact) mass is 260 g/mol. The highest BCUT2D eigenvalue weighted by Crippen LogP contribution is 2.24. The summed E-state index contributed by atoms with van der Waals surface area (Å²) in [7, 11) is -3.00. The van der Waals surface area contributed by atoms with Crippen LogP contribution in [0.5, 0.6) is 0 Å². The van der Waals surface area contributed by atoms with Crippen molar-refractivity contribution in [2.24, 2.45) is 11.8 Å². The fourth-order valence-corrected chi connectivity index (χ4v) is 4.80. The molecule has 2 fully saturated rings. The molecule has 2 aliphatic heterocycles. The van der Waals surface area contributed by atoms with E-state index in [9.17, 15) is 8.42 Å². The zero-order valence-corrected chi connectivity index (χ0v) is 11.5. The van der Waals surface area contributed by atoms with Gasteiger partial charge < -0.3 is 5.32 Å². The number of hydrogen-bond acceptors (Lipinski definition) is 3.